The third-order valence-electron chi connectivity index (χ3n) is 3.80. The zero-order valence-electron chi connectivity index (χ0n) is 11.5. The van der Waals surface area contributed by atoms with Crippen LogP contribution < -0.4 is 4.90 Å². The van der Waals surface area contributed by atoms with Crippen LogP contribution >= 0.6 is 11.3 Å². The van der Waals surface area contributed by atoms with Crippen molar-refractivity contribution in [1.29, 1.82) is 0 Å². The zero-order valence-corrected chi connectivity index (χ0v) is 12.3. The highest BCUT2D eigenvalue weighted by molar-refractivity contribution is 7.13. The van der Waals surface area contributed by atoms with Gasteiger partial charge in [-0.3, -0.25) is 9.38 Å². The molecule has 0 unspecified atom stereocenters. The number of rotatable bonds is 3. The molecule has 0 amide bonds. The van der Waals surface area contributed by atoms with Gasteiger partial charge in [-0.2, -0.15) is 0 Å². The third-order valence-corrected chi connectivity index (χ3v) is 4.61. The fourth-order valence-electron chi connectivity index (χ4n) is 2.78. The summed E-state index contributed by atoms with van der Waals surface area (Å²) in [5, 5.41) is 11.5. The van der Waals surface area contributed by atoms with E-state index >= 15 is 0 Å². The van der Waals surface area contributed by atoms with Crippen LogP contribution in [0.3, 0.4) is 0 Å². The molecular formula is C13H14N6OS. The predicted octanol–water partition coefficient (Wildman–Crippen LogP) is 1.55. The van der Waals surface area contributed by atoms with E-state index in [1.807, 2.05) is 22.2 Å². The molecular weight excluding hydrogens is 288 g/mol. The van der Waals surface area contributed by atoms with Crippen LogP contribution in [0.4, 0.5) is 5.13 Å². The molecule has 108 valence electrons. The number of hydrogen-bond donors (Lipinski definition) is 0. The van der Waals surface area contributed by atoms with Gasteiger partial charge in [0.05, 0.1) is 18.3 Å². The molecule has 0 N–H and O–H groups in total. The van der Waals surface area contributed by atoms with Gasteiger partial charge >= 0.3 is 0 Å². The summed E-state index contributed by atoms with van der Waals surface area (Å²) in [4.78, 5) is 10.8. The molecule has 0 saturated carbocycles. The summed E-state index contributed by atoms with van der Waals surface area (Å²) in [5.41, 5.74) is 0.757. The lowest BCUT2D eigenvalue weighted by Crippen LogP contribution is -2.25. The van der Waals surface area contributed by atoms with Gasteiger partial charge in [-0.05, 0) is 0 Å². The van der Waals surface area contributed by atoms with Crippen molar-refractivity contribution in [2.45, 2.75) is 18.6 Å². The van der Waals surface area contributed by atoms with Crippen molar-refractivity contribution in [3.8, 4) is 0 Å². The number of methoxy groups -OCH3 is 1. The van der Waals surface area contributed by atoms with Crippen LogP contribution in [-0.4, -0.2) is 44.3 Å². The second kappa shape index (κ2) is 5.05. The summed E-state index contributed by atoms with van der Waals surface area (Å²) in [6.07, 6.45) is 8.23. The minimum atomic E-state index is 0.110. The Morgan fingerprint density at radius 1 is 1.33 bits per heavy atom. The number of hydrogen-bond acceptors (Lipinski definition) is 7. The molecule has 3 aromatic rings. The summed E-state index contributed by atoms with van der Waals surface area (Å²) >= 11 is 1.63. The van der Waals surface area contributed by atoms with Gasteiger partial charge in [0.25, 0.3) is 0 Å². The van der Waals surface area contributed by atoms with E-state index < -0.39 is 0 Å². The van der Waals surface area contributed by atoms with Crippen molar-refractivity contribution in [3.63, 3.8) is 0 Å². The molecule has 0 radical (unpaired) electrons. The van der Waals surface area contributed by atoms with Gasteiger partial charge in [0.1, 0.15) is 0 Å². The summed E-state index contributed by atoms with van der Waals surface area (Å²) in [7, 11) is 1.75. The van der Waals surface area contributed by atoms with Crippen molar-refractivity contribution in [1.82, 2.24) is 24.6 Å². The van der Waals surface area contributed by atoms with Crippen molar-refractivity contribution in [3.05, 3.63) is 36.0 Å². The van der Waals surface area contributed by atoms with Gasteiger partial charge in [0, 0.05) is 44.0 Å². The SMILES string of the molecule is CO[C@@H]1C[C@@H](c2nnc3cnccn23)N(c2nccs2)C1. The monoisotopic (exact) mass is 302 g/mol. The van der Waals surface area contributed by atoms with Crippen LogP contribution in [0.1, 0.15) is 18.3 Å². The number of fused-ring (bicyclic) bond motifs is 1. The Morgan fingerprint density at radius 3 is 3.10 bits per heavy atom. The number of anilines is 1. The highest BCUT2D eigenvalue weighted by Crippen LogP contribution is 2.37. The predicted molar refractivity (Wildman–Crippen MR) is 78.4 cm³/mol. The van der Waals surface area contributed by atoms with Crippen LogP contribution in [0.15, 0.2) is 30.2 Å². The van der Waals surface area contributed by atoms with E-state index in [1.54, 1.807) is 30.8 Å². The highest BCUT2D eigenvalue weighted by atomic mass is 32.1. The Hall–Kier alpha value is -2.06. The molecule has 0 aromatic carbocycles. The van der Waals surface area contributed by atoms with Crippen LogP contribution in [0.25, 0.3) is 5.65 Å². The van der Waals surface area contributed by atoms with Gasteiger partial charge in [-0.25, -0.2) is 4.98 Å². The first-order valence-electron chi connectivity index (χ1n) is 6.70. The van der Waals surface area contributed by atoms with Gasteiger partial charge in [-0.1, -0.05) is 0 Å². The number of thiazole rings is 1. The first-order chi connectivity index (χ1) is 10.4. The van der Waals surface area contributed by atoms with Crippen LogP contribution in [-0.2, 0) is 4.74 Å². The molecule has 1 aliphatic heterocycles. The molecule has 21 heavy (non-hydrogen) atoms. The molecule has 8 heteroatoms. The quantitative estimate of drug-likeness (QED) is 0.731. The van der Waals surface area contributed by atoms with Crippen molar-refractivity contribution < 1.29 is 4.74 Å². The maximum Gasteiger partial charge on any atom is 0.185 e. The minimum absolute atomic E-state index is 0.110. The van der Waals surface area contributed by atoms with E-state index in [0.29, 0.717) is 0 Å². The summed E-state index contributed by atoms with van der Waals surface area (Å²) in [5.74, 6) is 0.905. The number of aromatic nitrogens is 5. The molecule has 1 fully saturated rings. The largest absolute Gasteiger partial charge is 0.380 e. The summed E-state index contributed by atoms with van der Waals surface area (Å²) in [6, 6.07) is 0.110. The zero-order chi connectivity index (χ0) is 14.2. The Kier molecular flexibility index (Phi) is 3.04. The standard InChI is InChI=1S/C13H14N6OS/c1-20-9-6-10(19(8-9)13-15-3-5-21-13)12-17-16-11-7-14-2-4-18(11)12/h2-5,7,9-10H,6,8H2,1H3/t9-,10+/m1/s1. The molecule has 0 aliphatic carbocycles. The molecule has 7 nitrogen and oxygen atoms in total. The average molecular weight is 302 g/mol. The van der Waals surface area contributed by atoms with Crippen molar-refractivity contribution >= 4 is 22.1 Å². The van der Waals surface area contributed by atoms with E-state index in [2.05, 4.69) is 25.1 Å². The molecule has 0 spiro atoms. The molecule has 3 aromatic heterocycles. The Morgan fingerprint density at radius 2 is 2.29 bits per heavy atom. The second-order valence-corrected chi connectivity index (χ2v) is 5.81. The minimum Gasteiger partial charge on any atom is -0.380 e. The van der Waals surface area contributed by atoms with Crippen molar-refractivity contribution in [2.75, 3.05) is 18.6 Å². The lowest BCUT2D eigenvalue weighted by atomic mass is 10.2. The molecule has 2 atom stereocenters. The smallest absolute Gasteiger partial charge is 0.185 e. The normalized spacial score (nSPS) is 22.2. The summed E-state index contributed by atoms with van der Waals surface area (Å²) in [6.45, 7) is 0.814. The van der Waals surface area contributed by atoms with E-state index in [9.17, 15) is 0 Å². The van der Waals surface area contributed by atoms with E-state index in [4.69, 9.17) is 4.74 Å². The van der Waals surface area contributed by atoms with Gasteiger partial charge in [-0.15, -0.1) is 21.5 Å². The van der Waals surface area contributed by atoms with Crippen molar-refractivity contribution in [2.24, 2.45) is 0 Å². The number of ether oxygens (including phenoxy) is 1. The maximum absolute atomic E-state index is 5.55. The average Bonchev–Trinajstić information content (AvgIpc) is 3.24. The van der Waals surface area contributed by atoms with Crippen LogP contribution in [0, 0.1) is 0 Å². The fourth-order valence-corrected chi connectivity index (χ4v) is 3.48. The molecule has 4 rings (SSSR count). The molecule has 4 heterocycles. The first-order valence-corrected chi connectivity index (χ1v) is 7.58. The fraction of sp³-hybridized carbons (Fsp3) is 0.385. The molecule has 1 saturated heterocycles. The maximum atomic E-state index is 5.55. The lowest BCUT2D eigenvalue weighted by molar-refractivity contribution is 0.118. The topological polar surface area (TPSA) is 68.4 Å². The first kappa shape index (κ1) is 12.7. The molecule has 1 aliphatic rings. The second-order valence-electron chi connectivity index (χ2n) is 4.94. The lowest BCUT2D eigenvalue weighted by Gasteiger charge is -2.22. The Bertz CT molecular complexity index is 742. The van der Waals surface area contributed by atoms with Crippen LogP contribution in [0.5, 0.6) is 0 Å². The Balaban J connectivity index is 1.77. The van der Waals surface area contributed by atoms with Gasteiger partial charge < -0.3 is 9.64 Å². The van der Waals surface area contributed by atoms with E-state index in [0.717, 1.165) is 29.6 Å². The number of nitrogens with zero attached hydrogens (tertiary/aromatic N) is 6. The van der Waals surface area contributed by atoms with E-state index in [1.165, 1.54) is 0 Å². The van der Waals surface area contributed by atoms with Gasteiger partial charge in [0.15, 0.2) is 16.6 Å². The van der Waals surface area contributed by atoms with E-state index in [-0.39, 0.29) is 12.1 Å². The third kappa shape index (κ3) is 2.07. The van der Waals surface area contributed by atoms with Gasteiger partial charge in [0.2, 0.25) is 0 Å². The molecule has 0 bridgehead atoms. The Labute approximate surface area is 125 Å². The highest BCUT2D eigenvalue weighted by Gasteiger charge is 2.37. The van der Waals surface area contributed by atoms with Crippen LogP contribution in [0.2, 0.25) is 0 Å². The summed E-state index contributed by atoms with van der Waals surface area (Å²) < 4.78 is 7.53.